The average molecular weight is 438 g/mol. The van der Waals surface area contributed by atoms with Gasteiger partial charge in [-0.15, -0.1) is 0 Å². The highest BCUT2D eigenvalue weighted by molar-refractivity contribution is 5.88. The summed E-state index contributed by atoms with van der Waals surface area (Å²) in [5.41, 5.74) is 0.828. The Morgan fingerprint density at radius 2 is 1.00 bits per heavy atom. The van der Waals surface area contributed by atoms with Crippen LogP contribution in [0.3, 0.4) is 0 Å². The van der Waals surface area contributed by atoms with Crippen molar-refractivity contribution in [3.05, 3.63) is 35.9 Å². The molecule has 1 amide bonds. The third kappa shape index (κ3) is 14.2. The van der Waals surface area contributed by atoms with Crippen molar-refractivity contribution in [3.8, 4) is 0 Å². The quantitative estimate of drug-likeness (QED) is 0.229. The molecular formula is C27H48ClNO. The zero-order valence-corrected chi connectivity index (χ0v) is 20.9. The van der Waals surface area contributed by atoms with Crippen molar-refractivity contribution in [2.75, 3.05) is 20.6 Å². The fraction of sp³-hybridized carbons (Fsp3) is 0.741. The van der Waals surface area contributed by atoms with E-state index in [1.807, 2.05) is 44.4 Å². The molecule has 0 radical (unpaired) electrons. The van der Waals surface area contributed by atoms with Crippen LogP contribution in [-0.4, -0.2) is 31.0 Å². The molecule has 0 aliphatic heterocycles. The van der Waals surface area contributed by atoms with Gasteiger partial charge in [-0.05, 0) is 25.0 Å². The summed E-state index contributed by atoms with van der Waals surface area (Å²) < 4.78 is 0.461. The Morgan fingerprint density at radius 1 is 0.633 bits per heavy atom. The van der Waals surface area contributed by atoms with E-state index >= 15 is 0 Å². The molecule has 0 heterocycles. The van der Waals surface area contributed by atoms with Crippen LogP contribution in [0.4, 0.5) is 0 Å². The zero-order valence-electron chi connectivity index (χ0n) is 20.1. The summed E-state index contributed by atoms with van der Waals surface area (Å²) >= 11 is 0. The van der Waals surface area contributed by atoms with Crippen molar-refractivity contribution in [2.45, 2.75) is 110 Å². The van der Waals surface area contributed by atoms with Crippen molar-refractivity contribution in [1.29, 1.82) is 0 Å². The monoisotopic (exact) mass is 437 g/mol. The molecule has 0 aliphatic rings. The number of hydrogen-bond donors (Lipinski definition) is 0. The molecule has 3 heteroatoms. The molecule has 1 aromatic rings. The number of carbonyl (C=O) groups excluding carboxylic acids is 1. The first kappa shape index (κ1) is 29.1. The van der Waals surface area contributed by atoms with Crippen molar-refractivity contribution in [2.24, 2.45) is 0 Å². The average Bonchev–Trinajstić information content (AvgIpc) is 2.73. The molecule has 174 valence electrons. The van der Waals surface area contributed by atoms with Crippen LogP contribution in [0.2, 0.25) is 0 Å². The predicted molar refractivity (Wildman–Crippen MR) is 127 cm³/mol. The Morgan fingerprint density at radius 3 is 1.40 bits per heavy atom. The van der Waals surface area contributed by atoms with E-state index in [2.05, 4.69) is 6.92 Å². The highest BCUT2D eigenvalue weighted by atomic mass is 35.5. The number of rotatable bonds is 18. The standard InChI is InChI=1S/C27H48NO.ClH/c1-4-5-6-7-8-9-10-11-12-13-14-15-16-17-18-22-25-28(2,3)27(29)26-23-20-19-21-24-26;/h19-21,23-24H,4-18,22,25H2,1-3H3;1H/q+1;/p-1. The highest BCUT2D eigenvalue weighted by Crippen LogP contribution is 2.15. The molecule has 0 saturated carbocycles. The second kappa shape index (κ2) is 18.9. The molecule has 0 unspecified atom stereocenters. The maximum absolute atomic E-state index is 12.6. The first-order chi connectivity index (χ1) is 14.1. The Bertz CT molecular complexity index is 515. The number of hydrogen-bond acceptors (Lipinski definition) is 1. The van der Waals surface area contributed by atoms with Crippen LogP contribution in [0.1, 0.15) is 120 Å². The van der Waals surface area contributed by atoms with Gasteiger partial charge in [0.05, 0.1) is 26.2 Å². The van der Waals surface area contributed by atoms with Crippen molar-refractivity contribution < 1.29 is 21.7 Å². The number of amides is 1. The van der Waals surface area contributed by atoms with Crippen LogP contribution in [-0.2, 0) is 0 Å². The summed E-state index contributed by atoms with van der Waals surface area (Å²) in [5.74, 6) is 0.228. The Hall–Kier alpha value is -0.860. The van der Waals surface area contributed by atoms with Crippen LogP contribution in [0, 0.1) is 0 Å². The Labute approximate surface area is 193 Å². The summed E-state index contributed by atoms with van der Waals surface area (Å²) in [4.78, 5) is 12.6. The fourth-order valence-corrected chi connectivity index (χ4v) is 4.09. The molecule has 30 heavy (non-hydrogen) atoms. The molecule has 0 aliphatic carbocycles. The van der Waals surface area contributed by atoms with Gasteiger partial charge in [0.15, 0.2) is 0 Å². The van der Waals surface area contributed by atoms with E-state index in [0.29, 0.717) is 4.48 Å². The molecule has 0 saturated heterocycles. The second-order valence-corrected chi connectivity index (χ2v) is 9.38. The Balaban J connectivity index is 0.00000841. The minimum absolute atomic E-state index is 0. The fourth-order valence-electron chi connectivity index (χ4n) is 4.09. The van der Waals surface area contributed by atoms with Crippen LogP contribution in [0.15, 0.2) is 30.3 Å². The Kier molecular flexibility index (Phi) is 18.3. The van der Waals surface area contributed by atoms with Crippen LogP contribution in [0.5, 0.6) is 0 Å². The van der Waals surface area contributed by atoms with Gasteiger partial charge in [0.25, 0.3) is 0 Å². The number of unbranched alkanes of at least 4 members (excludes halogenated alkanes) is 15. The maximum Gasteiger partial charge on any atom is 0.345 e. The van der Waals surface area contributed by atoms with E-state index in [1.165, 1.54) is 96.3 Å². The SMILES string of the molecule is CCCCCCCCCCCCCCCCCC[N+](C)(C)C(=O)c1ccccc1.[Cl-]. The minimum atomic E-state index is 0. The largest absolute Gasteiger partial charge is 1.00 e. The van der Waals surface area contributed by atoms with E-state index in [-0.39, 0.29) is 18.3 Å². The molecule has 0 atom stereocenters. The lowest BCUT2D eigenvalue weighted by Gasteiger charge is -2.26. The molecule has 0 spiro atoms. The lowest BCUT2D eigenvalue weighted by atomic mass is 10.0. The molecule has 0 N–H and O–H groups in total. The molecule has 0 fully saturated rings. The summed E-state index contributed by atoms with van der Waals surface area (Å²) in [7, 11) is 4.08. The lowest BCUT2D eigenvalue weighted by molar-refractivity contribution is -0.807. The topological polar surface area (TPSA) is 17.1 Å². The summed E-state index contributed by atoms with van der Waals surface area (Å²) in [6, 6.07) is 9.71. The van der Waals surface area contributed by atoms with Crippen LogP contribution >= 0.6 is 0 Å². The highest BCUT2D eigenvalue weighted by Gasteiger charge is 2.26. The van der Waals surface area contributed by atoms with Gasteiger partial charge in [0, 0.05) is 0 Å². The zero-order chi connectivity index (χ0) is 21.2. The van der Waals surface area contributed by atoms with Gasteiger partial charge in [0.1, 0.15) is 0 Å². The summed E-state index contributed by atoms with van der Waals surface area (Å²) in [5, 5.41) is 0. The van der Waals surface area contributed by atoms with E-state index in [9.17, 15) is 4.79 Å². The predicted octanol–water partition coefficient (Wildman–Crippen LogP) is 5.17. The first-order valence-corrected chi connectivity index (χ1v) is 12.5. The van der Waals surface area contributed by atoms with Gasteiger partial charge >= 0.3 is 5.91 Å². The van der Waals surface area contributed by atoms with E-state index in [1.54, 1.807) is 0 Å². The van der Waals surface area contributed by atoms with Gasteiger partial charge in [-0.3, -0.25) is 4.48 Å². The molecule has 0 aromatic heterocycles. The van der Waals surface area contributed by atoms with Crippen molar-refractivity contribution in [3.63, 3.8) is 0 Å². The molecule has 1 aromatic carbocycles. The third-order valence-corrected chi connectivity index (χ3v) is 6.14. The first-order valence-electron chi connectivity index (χ1n) is 12.5. The number of nitrogens with zero attached hydrogens (tertiary/aromatic N) is 1. The number of quaternary nitrogens is 1. The van der Waals surface area contributed by atoms with Gasteiger partial charge in [0.2, 0.25) is 0 Å². The summed E-state index contributed by atoms with van der Waals surface area (Å²) in [6.07, 6.45) is 22.2. The summed E-state index contributed by atoms with van der Waals surface area (Å²) in [6.45, 7) is 3.22. The van der Waals surface area contributed by atoms with Crippen molar-refractivity contribution in [1.82, 2.24) is 0 Å². The number of halogens is 1. The van der Waals surface area contributed by atoms with E-state index in [4.69, 9.17) is 0 Å². The van der Waals surface area contributed by atoms with Crippen molar-refractivity contribution >= 4 is 5.91 Å². The van der Waals surface area contributed by atoms with Gasteiger partial charge in [-0.1, -0.05) is 115 Å². The van der Waals surface area contributed by atoms with E-state index in [0.717, 1.165) is 18.5 Å². The molecule has 2 nitrogen and oxygen atoms in total. The maximum atomic E-state index is 12.6. The second-order valence-electron chi connectivity index (χ2n) is 9.38. The minimum Gasteiger partial charge on any atom is -1.00 e. The number of carbonyl (C=O) groups is 1. The van der Waals surface area contributed by atoms with Crippen LogP contribution in [0.25, 0.3) is 0 Å². The number of benzene rings is 1. The molecular weight excluding hydrogens is 390 g/mol. The van der Waals surface area contributed by atoms with Gasteiger partial charge < -0.3 is 12.4 Å². The molecule has 0 bridgehead atoms. The van der Waals surface area contributed by atoms with Gasteiger partial charge in [-0.2, -0.15) is 0 Å². The third-order valence-electron chi connectivity index (χ3n) is 6.14. The smallest absolute Gasteiger partial charge is 0.345 e. The normalized spacial score (nSPS) is 11.3. The van der Waals surface area contributed by atoms with Crippen LogP contribution < -0.4 is 12.4 Å². The molecule has 1 rings (SSSR count). The van der Waals surface area contributed by atoms with Gasteiger partial charge in [-0.25, -0.2) is 4.79 Å². The van der Waals surface area contributed by atoms with E-state index < -0.39 is 0 Å². The lowest BCUT2D eigenvalue weighted by Crippen LogP contribution is -3.00.